The second kappa shape index (κ2) is 17.3. The molecule has 0 amide bonds. The smallest absolute Gasteiger partial charge is 0.492 e. The number of hydrogen-bond acceptors (Lipinski definition) is 15. The molecule has 4 rings (SSSR count). The van der Waals surface area contributed by atoms with Gasteiger partial charge in [-0.2, -0.15) is 21.9 Å². The van der Waals surface area contributed by atoms with Crippen LogP contribution in [0.5, 0.6) is 5.75 Å². The summed E-state index contributed by atoms with van der Waals surface area (Å²) in [5, 5.41) is 33.4. The fraction of sp³-hybridized carbons (Fsp3) is 0.290. The van der Waals surface area contributed by atoms with E-state index in [1.165, 1.54) is 36.4 Å². The summed E-state index contributed by atoms with van der Waals surface area (Å²) in [4.78, 5) is 19.6. The third-order valence-corrected chi connectivity index (χ3v) is 12.3. The Bertz CT molecular complexity index is 2220. The van der Waals surface area contributed by atoms with Crippen LogP contribution < -0.4 is 10.1 Å². The number of ether oxygens (including phenoxy) is 1. The average Bonchev–Trinajstić information content (AvgIpc) is 3.09. The molecule has 4 aromatic carbocycles. The van der Waals surface area contributed by atoms with E-state index in [4.69, 9.17) is 18.0 Å². The highest BCUT2D eigenvalue weighted by molar-refractivity contribution is 7.86. The molecule has 3 N–H and O–H groups in total. The van der Waals surface area contributed by atoms with E-state index < -0.39 is 60.1 Å². The van der Waals surface area contributed by atoms with E-state index in [0.717, 1.165) is 30.3 Å². The molecule has 0 aliphatic rings. The molecule has 0 aliphatic heterocycles. The number of nitrogens with zero attached hydrogens (tertiary/aromatic N) is 4. The maximum absolute atomic E-state index is 12.9. The van der Waals surface area contributed by atoms with Gasteiger partial charge in [0.2, 0.25) is 0 Å². The molecule has 19 nitrogen and oxygen atoms in total. The van der Waals surface area contributed by atoms with E-state index in [0.29, 0.717) is 32.3 Å². The van der Waals surface area contributed by atoms with Gasteiger partial charge in [-0.15, -0.1) is 5.11 Å². The molecule has 284 valence electrons. The lowest BCUT2D eigenvalue weighted by atomic mass is 10.1. The summed E-state index contributed by atoms with van der Waals surface area (Å²) in [5.41, 5.74) is -1.32. The fourth-order valence-corrected chi connectivity index (χ4v) is 9.05. The molecule has 0 unspecified atom stereocenters. The Labute approximate surface area is 304 Å². The second-order valence-electron chi connectivity index (χ2n) is 10.9. The van der Waals surface area contributed by atoms with Crippen LogP contribution in [0, 0.1) is 20.2 Å². The zero-order valence-corrected chi connectivity index (χ0v) is 31.1. The molecule has 0 saturated heterocycles. The Hall–Kier alpha value is -4.94. The predicted octanol–water partition coefficient (Wildman–Crippen LogP) is 7.13. The van der Waals surface area contributed by atoms with Crippen LogP contribution in [-0.2, 0) is 33.5 Å². The fourth-order valence-electron chi connectivity index (χ4n) is 5.17. The van der Waals surface area contributed by atoms with E-state index in [1.807, 2.05) is 0 Å². The minimum Gasteiger partial charge on any atom is -0.492 e. The zero-order chi connectivity index (χ0) is 39.0. The molecule has 0 bridgehead atoms. The molecule has 0 aliphatic carbocycles. The van der Waals surface area contributed by atoms with Crippen LogP contribution in [0.2, 0.25) is 6.04 Å². The van der Waals surface area contributed by atoms with E-state index in [9.17, 15) is 46.2 Å². The Kier molecular flexibility index (Phi) is 13.3. The van der Waals surface area contributed by atoms with Crippen LogP contribution in [0.1, 0.15) is 27.2 Å². The summed E-state index contributed by atoms with van der Waals surface area (Å²) in [6.07, 6.45) is 0.304. The Morgan fingerprint density at radius 1 is 0.792 bits per heavy atom. The first-order valence-electron chi connectivity index (χ1n) is 15.8. The molecule has 22 heteroatoms. The number of azo groups is 1. The normalized spacial score (nSPS) is 12.3. The lowest BCUT2D eigenvalue weighted by molar-refractivity contribution is -0.393. The monoisotopic (exact) mass is 793 g/mol. The van der Waals surface area contributed by atoms with E-state index in [2.05, 4.69) is 15.5 Å². The minimum absolute atomic E-state index is 0.0233. The molecule has 0 fully saturated rings. The van der Waals surface area contributed by atoms with Crippen LogP contribution in [-0.4, -0.2) is 71.0 Å². The van der Waals surface area contributed by atoms with Crippen molar-refractivity contribution in [3.63, 3.8) is 0 Å². The minimum atomic E-state index is -5.08. The molecule has 0 saturated carbocycles. The van der Waals surface area contributed by atoms with E-state index in [-0.39, 0.29) is 45.9 Å². The van der Waals surface area contributed by atoms with Crippen LogP contribution in [0.3, 0.4) is 0 Å². The summed E-state index contributed by atoms with van der Waals surface area (Å²) in [6.45, 7) is 6.38. The number of nitro groups is 2. The van der Waals surface area contributed by atoms with Crippen molar-refractivity contribution in [1.29, 1.82) is 0 Å². The Morgan fingerprint density at radius 2 is 1.43 bits per heavy atom. The highest BCUT2D eigenvalue weighted by Gasteiger charge is 2.40. The number of rotatable bonds is 19. The maximum Gasteiger partial charge on any atom is 0.501 e. The van der Waals surface area contributed by atoms with Crippen molar-refractivity contribution in [1.82, 2.24) is 0 Å². The summed E-state index contributed by atoms with van der Waals surface area (Å²) < 4.78 is 93.6. The zero-order valence-electron chi connectivity index (χ0n) is 28.5. The van der Waals surface area contributed by atoms with Crippen molar-refractivity contribution in [2.75, 3.05) is 31.7 Å². The van der Waals surface area contributed by atoms with Gasteiger partial charge >= 0.3 is 14.5 Å². The molecule has 53 heavy (non-hydrogen) atoms. The highest BCUT2D eigenvalue weighted by atomic mass is 32.2. The van der Waals surface area contributed by atoms with Crippen LogP contribution in [0.4, 0.5) is 34.1 Å². The molecule has 0 aromatic heterocycles. The molecule has 0 heterocycles. The van der Waals surface area contributed by atoms with Gasteiger partial charge in [0.05, 0.1) is 38.8 Å². The van der Waals surface area contributed by atoms with Gasteiger partial charge in [0.25, 0.3) is 25.9 Å². The first kappa shape index (κ1) is 40.8. The second-order valence-corrected chi connectivity index (χ2v) is 16.4. The Morgan fingerprint density at radius 3 is 1.98 bits per heavy atom. The van der Waals surface area contributed by atoms with Crippen LogP contribution in [0.25, 0.3) is 10.8 Å². The summed E-state index contributed by atoms with van der Waals surface area (Å²) in [6, 6.07) is 13.6. The molecule has 0 radical (unpaired) electrons. The van der Waals surface area contributed by atoms with Crippen LogP contribution >= 0.6 is 0 Å². The highest BCUT2D eigenvalue weighted by Crippen LogP contribution is 2.41. The predicted molar refractivity (Wildman–Crippen MR) is 193 cm³/mol. The molecule has 0 spiro atoms. The Balaban J connectivity index is 1.72. The van der Waals surface area contributed by atoms with Gasteiger partial charge in [0.1, 0.15) is 5.75 Å². The van der Waals surface area contributed by atoms with E-state index in [1.54, 1.807) is 20.8 Å². The van der Waals surface area contributed by atoms with Crippen molar-refractivity contribution in [3.8, 4) is 5.75 Å². The number of fused-ring (bicyclic) bond motifs is 1. The van der Waals surface area contributed by atoms with Crippen molar-refractivity contribution in [2.45, 2.75) is 43.0 Å². The SMILES string of the molecule is CCO[Si](CCCOc1cc2ccc(S(=O)(=O)O)cc2c(Nc2ccc(N=Nc3ccc([N+](=O)[O-])cc3[N+](=O)[O-])cc2)c1S(=O)(=O)O)(OCC)OCC. The van der Waals surface area contributed by atoms with Crippen molar-refractivity contribution in [3.05, 3.63) is 87.0 Å². The average molecular weight is 794 g/mol. The number of non-ortho nitro benzene ring substituents is 1. The number of anilines is 2. The molecule has 0 atom stereocenters. The standard InChI is InChI=1S/C31H35N5O14S2Si/c1-4-48-53(49-5-2,50-6-3)17-7-16-47-29-18-21-8-14-25(51(41,42)43)20-26(21)30(31(29)52(44,45)46)32-22-9-11-23(12-10-22)33-34-27-15-13-24(35(37)38)19-28(27)36(39)40/h8-15,18-20,32H,4-7,16-17H2,1-3H3,(H,41,42,43)(H,44,45,46). The summed E-state index contributed by atoms with van der Waals surface area (Å²) in [5.74, 6) is -0.270. The van der Waals surface area contributed by atoms with Crippen LogP contribution in [0.15, 0.2) is 86.7 Å². The van der Waals surface area contributed by atoms with Crippen molar-refractivity contribution in [2.24, 2.45) is 10.2 Å². The number of nitro benzene ring substituents is 2. The molecular weight excluding hydrogens is 759 g/mol. The lowest BCUT2D eigenvalue weighted by Crippen LogP contribution is -2.46. The summed E-state index contributed by atoms with van der Waals surface area (Å²) in [7, 11) is -12.9. The van der Waals surface area contributed by atoms with Gasteiger partial charge in [0.15, 0.2) is 10.6 Å². The van der Waals surface area contributed by atoms with Crippen molar-refractivity contribution >= 4 is 73.9 Å². The third kappa shape index (κ3) is 10.4. The maximum atomic E-state index is 12.9. The number of benzene rings is 4. The topological polar surface area (TPSA) is 269 Å². The van der Waals surface area contributed by atoms with Gasteiger partial charge < -0.3 is 23.3 Å². The van der Waals surface area contributed by atoms with Gasteiger partial charge in [0, 0.05) is 43.0 Å². The van der Waals surface area contributed by atoms with E-state index >= 15 is 0 Å². The van der Waals surface area contributed by atoms with Gasteiger partial charge in [-0.1, -0.05) is 6.07 Å². The lowest BCUT2D eigenvalue weighted by Gasteiger charge is -2.28. The first-order valence-corrected chi connectivity index (χ1v) is 20.6. The van der Waals surface area contributed by atoms with Gasteiger partial charge in [-0.05, 0) is 81.1 Å². The number of hydrogen-bond donors (Lipinski definition) is 3. The number of nitrogens with one attached hydrogen (secondary N) is 1. The van der Waals surface area contributed by atoms with Gasteiger partial charge in [-0.25, -0.2) is 0 Å². The summed E-state index contributed by atoms with van der Waals surface area (Å²) >= 11 is 0. The van der Waals surface area contributed by atoms with Crippen molar-refractivity contribution < 1.29 is 53.8 Å². The third-order valence-electron chi connectivity index (χ3n) is 7.34. The first-order chi connectivity index (χ1) is 25.0. The largest absolute Gasteiger partial charge is 0.501 e. The molecular formula is C31H35N5O14S2Si. The van der Waals surface area contributed by atoms with Gasteiger partial charge in [-0.3, -0.25) is 29.3 Å². The molecule has 4 aromatic rings. The quantitative estimate of drug-likeness (QED) is 0.0213.